The molecule has 2 aromatic rings. The van der Waals surface area contributed by atoms with Crippen LogP contribution in [0.2, 0.25) is 0 Å². The minimum atomic E-state index is 0.0139. The van der Waals surface area contributed by atoms with Crippen molar-refractivity contribution in [1.82, 2.24) is 10.2 Å². The lowest BCUT2D eigenvalue weighted by Crippen LogP contribution is -2.41. The molecule has 1 aromatic heterocycles. The molecule has 2 unspecified atom stereocenters. The number of ether oxygens (including phenoxy) is 1. The number of amides is 1. The Morgan fingerprint density at radius 1 is 1.32 bits per heavy atom. The standard InChI is InChI=1S/C20H26N2O2S/c1-16(17-7-3-2-4-8-17)21-20(23)15-22(13-18-9-5-11-24-18)14-19-10-6-12-25-19/h2-4,6-8,10,12,16,18H,5,9,11,13-15H2,1H3,(H,21,23). The van der Waals surface area contributed by atoms with E-state index in [0.29, 0.717) is 6.54 Å². The van der Waals surface area contributed by atoms with Crippen LogP contribution in [-0.2, 0) is 16.1 Å². The zero-order valence-electron chi connectivity index (χ0n) is 14.7. The van der Waals surface area contributed by atoms with Gasteiger partial charge in [0, 0.05) is 24.6 Å². The zero-order chi connectivity index (χ0) is 17.5. The molecule has 2 heterocycles. The summed E-state index contributed by atoms with van der Waals surface area (Å²) in [7, 11) is 0. The van der Waals surface area contributed by atoms with Crippen molar-refractivity contribution < 1.29 is 9.53 Å². The van der Waals surface area contributed by atoms with Crippen LogP contribution in [0.25, 0.3) is 0 Å². The Bertz CT molecular complexity index is 639. The third-order valence-corrected chi connectivity index (χ3v) is 5.35. The van der Waals surface area contributed by atoms with Gasteiger partial charge in [0.25, 0.3) is 0 Å². The van der Waals surface area contributed by atoms with Gasteiger partial charge in [-0.1, -0.05) is 36.4 Å². The maximum Gasteiger partial charge on any atom is 0.234 e. The number of hydrogen-bond acceptors (Lipinski definition) is 4. The minimum absolute atomic E-state index is 0.0139. The summed E-state index contributed by atoms with van der Waals surface area (Å²) in [5.41, 5.74) is 1.12. The normalized spacial score (nSPS) is 18.4. The highest BCUT2D eigenvalue weighted by molar-refractivity contribution is 7.09. The molecule has 134 valence electrons. The Morgan fingerprint density at radius 2 is 2.16 bits per heavy atom. The van der Waals surface area contributed by atoms with Crippen LogP contribution >= 0.6 is 11.3 Å². The SMILES string of the molecule is CC(NC(=O)CN(Cc1cccs1)CC1CCCO1)c1ccccc1. The maximum atomic E-state index is 12.5. The van der Waals surface area contributed by atoms with Gasteiger partial charge in [-0.15, -0.1) is 11.3 Å². The van der Waals surface area contributed by atoms with Crippen molar-refractivity contribution in [2.75, 3.05) is 19.7 Å². The van der Waals surface area contributed by atoms with Crippen molar-refractivity contribution >= 4 is 17.2 Å². The Labute approximate surface area is 153 Å². The van der Waals surface area contributed by atoms with E-state index in [-0.39, 0.29) is 18.1 Å². The molecule has 1 fully saturated rings. The second-order valence-corrected chi connectivity index (χ2v) is 7.62. The monoisotopic (exact) mass is 358 g/mol. The fraction of sp³-hybridized carbons (Fsp3) is 0.450. The van der Waals surface area contributed by atoms with Crippen LogP contribution in [0, 0.1) is 0 Å². The summed E-state index contributed by atoms with van der Waals surface area (Å²) in [6.07, 6.45) is 2.46. The molecule has 1 saturated heterocycles. The fourth-order valence-electron chi connectivity index (χ4n) is 3.20. The molecule has 0 spiro atoms. The Morgan fingerprint density at radius 3 is 2.84 bits per heavy atom. The van der Waals surface area contributed by atoms with Gasteiger partial charge in [0.05, 0.1) is 18.7 Å². The predicted octanol–water partition coefficient (Wildman–Crippen LogP) is 3.61. The maximum absolute atomic E-state index is 12.5. The van der Waals surface area contributed by atoms with Gasteiger partial charge in [0.2, 0.25) is 5.91 Å². The van der Waals surface area contributed by atoms with E-state index in [2.05, 4.69) is 27.7 Å². The molecule has 5 heteroatoms. The number of hydrogen-bond donors (Lipinski definition) is 1. The van der Waals surface area contributed by atoms with E-state index < -0.39 is 0 Å². The van der Waals surface area contributed by atoms with Gasteiger partial charge < -0.3 is 10.1 Å². The van der Waals surface area contributed by atoms with Gasteiger partial charge in [0.1, 0.15) is 0 Å². The van der Waals surface area contributed by atoms with Crippen LogP contribution in [0.15, 0.2) is 47.8 Å². The average molecular weight is 359 g/mol. The van der Waals surface area contributed by atoms with Crippen molar-refractivity contribution in [3.8, 4) is 0 Å². The van der Waals surface area contributed by atoms with Crippen LogP contribution in [0.4, 0.5) is 0 Å². The van der Waals surface area contributed by atoms with Gasteiger partial charge in [-0.05, 0) is 36.8 Å². The molecule has 1 amide bonds. The molecule has 0 saturated carbocycles. The molecule has 1 aromatic carbocycles. The number of nitrogens with zero attached hydrogens (tertiary/aromatic N) is 1. The predicted molar refractivity (Wildman–Crippen MR) is 102 cm³/mol. The molecular weight excluding hydrogens is 332 g/mol. The molecule has 3 rings (SSSR count). The third-order valence-electron chi connectivity index (χ3n) is 4.49. The lowest BCUT2D eigenvalue weighted by Gasteiger charge is -2.25. The second-order valence-electron chi connectivity index (χ2n) is 6.58. The summed E-state index contributed by atoms with van der Waals surface area (Å²) in [6, 6.07) is 14.3. The molecule has 1 N–H and O–H groups in total. The summed E-state index contributed by atoms with van der Waals surface area (Å²) >= 11 is 1.73. The van der Waals surface area contributed by atoms with E-state index in [0.717, 1.165) is 38.1 Å². The van der Waals surface area contributed by atoms with Crippen LogP contribution in [0.5, 0.6) is 0 Å². The number of carbonyl (C=O) groups excluding carboxylic acids is 1. The van der Waals surface area contributed by atoms with Crippen molar-refractivity contribution in [3.63, 3.8) is 0 Å². The largest absolute Gasteiger partial charge is 0.377 e. The number of rotatable bonds is 8. The minimum Gasteiger partial charge on any atom is -0.377 e. The molecule has 1 aliphatic heterocycles. The van der Waals surface area contributed by atoms with Crippen molar-refractivity contribution in [2.24, 2.45) is 0 Å². The van der Waals surface area contributed by atoms with E-state index >= 15 is 0 Å². The molecular formula is C20H26N2O2S. The van der Waals surface area contributed by atoms with Gasteiger partial charge >= 0.3 is 0 Å². The molecule has 1 aliphatic rings. The lowest BCUT2D eigenvalue weighted by atomic mass is 10.1. The number of thiophene rings is 1. The summed E-state index contributed by atoms with van der Waals surface area (Å²) < 4.78 is 5.76. The first-order chi connectivity index (χ1) is 12.2. The molecule has 4 nitrogen and oxygen atoms in total. The highest BCUT2D eigenvalue weighted by Gasteiger charge is 2.22. The van der Waals surface area contributed by atoms with E-state index in [4.69, 9.17) is 4.74 Å². The van der Waals surface area contributed by atoms with Crippen LogP contribution in [-0.4, -0.2) is 36.6 Å². The lowest BCUT2D eigenvalue weighted by molar-refractivity contribution is -0.123. The second kappa shape index (κ2) is 9.13. The fourth-order valence-corrected chi connectivity index (χ4v) is 3.95. The Kier molecular flexibility index (Phi) is 6.62. The first-order valence-corrected chi connectivity index (χ1v) is 9.79. The zero-order valence-corrected chi connectivity index (χ0v) is 15.5. The molecule has 0 bridgehead atoms. The molecule has 0 aliphatic carbocycles. The Balaban J connectivity index is 1.57. The topological polar surface area (TPSA) is 41.6 Å². The van der Waals surface area contributed by atoms with Crippen LogP contribution in [0.3, 0.4) is 0 Å². The van der Waals surface area contributed by atoms with Crippen molar-refractivity contribution in [2.45, 2.75) is 38.5 Å². The smallest absolute Gasteiger partial charge is 0.234 e. The molecule has 0 radical (unpaired) electrons. The van der Waals surface area contributed by atoms with Crippen LogP contribution < -0.4 is 5.32 Å². The molecule has 2 atom stereocenters. The summed E-state index contributed by atoms with van der Waals surface area (Å²) in [6.45, 7) is 4.87. The van der Waals surface area contributed by atoms with Crippen LogP contribution in [0.1, 0.15) is 36.2 Å². The van der Waals surface area contributed by atoms with Gasteiger partial charge in [0.15, 0.2) is 0 Å². The summed E-state index contributed by atoms with van der Waals surface area (Å²) in [5.74, 6) is 0.0610. The van der Waals surface area contributed by atoms with E-state index in [9.17, 15) is 4.79 Å². The Hall–Kier alpha value is -1.69. The first-order valence-electron chi connectivity index (χ1n) is 8.91. The highest BCUT2D eigenvalue weighted by atomic mass is 32.1. The third kappa shape index (κ3) is 5.66. The van der Waals surface area contributed by atoms with E-state index in [1.54, 1.807) is 11.3 Å². The van der Waals surface area contributed by atoms with E-state index in [1.165, 1.54) is 4.88 Å². The highest BCUT2D eigenvalue weighted by Crippen LogP contribution is 2.17. The van der Waals surface area contributed by atoms with Crippen molar-refractivity contribution in [3.05, 3.63) is 58.3 Å². The van der Waals surface area contributed by atoms with Gasteiger partial charge in [-0.25, -0.2) is 0 Å². The number of carbonyl (C=O) groups is 1. The quantitative estimate of drug-likeness (QED) is 0.784. The van der Waals surface area contributed by atoms with Crippen molar-refractivity contribution in [1.29, 1.82) is 0 Å². The summed E-state index contributed by atoms with van der Waals surface area (Å²) in [5, 5.41) is 5.19. The average Bonchev–Trinajstić information content (AvgIpc) is 3.29. The van der Waals surface area contributed by atoms with Gasteiger partial charge in [-0.2, -0.15) is 0 Å². The number of benzene rings is 1. The first kappa shape index (κ1) is 18.1. The summed E-state index contributed by atoms with van der Waals surface area (Å²) in [4.78, 5) is 16.0. The van der Waals surface area contributed by atoms with E-state index in [1.807, 2.05) is 37.3 Å². The molecule has 25 heavy (non-hydrogen) atoms. The number of nitrogens with one attached hydrogen (secondary N) is 1. The van der Waals surface area contributed by atoms with Gasteiger partial charge in [-0.3, -0.25) is 9.69 Å².